The highest BCUT2D eigenvalue weighted by Crippen LogP contribution is 2.67. The Hall–Kier alpha value is -3.25. The van der Waals surface area contributed by atoms with Crippen LogP contribution in [0.3, 0.4) is 0 Å². The Bertz CT molecular complexity index is 1400. The molecule has 9 atom stereocenters. The first-order chi connectivity index (χ1) is 21.0. The molecular formula is C38H46O6. The lowest BCUT2D eigenvalue weighted by Gasteiger charge is -2.38. The molecule has 6 heteroatoms. The zero-order valence-electron chi connectivity index (χ0n) is 26.5. The molecule has 0 N–H and O–H groups in total. The number of carbonyl (C=O) groups excluding carboxylic acids is 3. The van der Waals surface area contributed by atoms with Crippen molar-refractivity contribution >= 4 is 17.7 Å². The molecule has 0 unspecified atom stereocenters. The summed E-state index contributed by atoms with van der Waals surface area (Å²) >= 11 is 0. The summed E-state index contributed by atoms with van der Waals surface area (Å²) in [4.78, 5) is 41.2. The van der Waals surface area contributed by atoms with Crippen LogP contribution in [0.5, 0.6) is 0 Å². The SMILES string of the molecule is C=C1CC[C@H]2[C@@H]([C@@H]3O[C@]4(C[C@H](C)[C@H](OC(=O)CCc5ccccc5)[C@@H]4[C@H]1OC(=O)CCc1ccccc1)C(=O)[C@@H]3C)C2(C)C. The van der Waals surface area contributed by atoms with Crippen LogP contribution in [0.15, 0.2) is 72.8 Å². The van der Waals surface area contributed by atoms with Gasteiger partial charge >= 0.3 is 11.9 Å². The Balaban J connectivity index is 1.31. The molecular weight excluding hydrogens is 552 g/mol. The molecule has 2 bridgehead atoms. The van der Waals surface area contributed by atoms with Gasteiger partial charge in [0.15, 0.2) is 5.78 Å². The van der Waals surface area contributed by atoms with Crippen LogP contribution in [0.25, 0.3) is 0 Å². The second-order valence-electron chi connectivity index (χ2n) is 14.3. The van der Waals surface area contributed by atoms with E-state index < -0.39 is 23.7 Å². The monoisotopic (exact) mass is 598 g/mol. The number of fused-ring (bicyclic) bond motifs is 3. The van der Waals surface area contributed by atoms with Gasteiger partial charge < -0.3 is 14.2 Å². The van der Waals surface area contributed by atoms with Crippen molar-refractivity contribution in [3.8, 4) is 0 Å². The topological polar surface area (TPSA) is 78.9 Å². The maximum absolute atomic E-state index is 14.4. The van der Waals surface area contributed by atoms with E-state index in [4.69, 9.17) is 14.2 Å². The molecule has 4 fully saturated rings. The second kappa shape index (κ2) is 11.9. The first-order valence-corrected chi connectivity index (χ1v) is 16.4. The molecule has 44 heavy (non-hydrogen) atoms. The molecule has 1 spiro atoms. The molecule has 2 saturated heterocycles. The number of esters is 2. The van der Waals surface area contributed by atoms with E-state index in [2.05, 4.69) is 20.4 Å². The van der Waals surface area contributed by atoms with E-state index in [0.29, 0.717) is 31.6 Å². The van der Waals surface area contributed by atoms with Crippen LogP contribution in [-0.4, -0.2) is 41.6 Å². The summed E-state index contributed by atoms with van der Waals surface area (Å²) in [6, 6.07) is 19.7. The number of rotatable bonds is 8. The van der Waals surface area contributed by atoms with Crippen LogP contribution in [0.2, 0.25) is 0 Å². The molecule has 2 aliphatic carbocycles. The summed E-state index contributed by atoms with van der Waals surface area (Å²) in [6.07, 6.45) is 1.92. The zero-order chi connectivity index (χ0) is 31.2. The normalized spacial score (nSPS) is 35.4. The highest BCUT2D eigenvalue weighted by Gasteiger charge is 2.73. The minimum atomic E-state index is -1.19. The van der Waals surface area contributed by atoms with Gasteiger partial charge in [-0.3, -0.25) is 14.4 Å². The fourth-order valence-corrected chi connectivity index (χ4v) is 8.75. The fraction of sp³-hybridized carbons (Fsp3) is 0.553. The van der Waals surface area contributed by atoms with Crippen LogP contribution in [0.4, 0.5) is 0 Å². The van der Waals surface area contributed by atoms with Gasteiger partial charge in [0.25, 0.3) is 0 Å². The summed E-state index contributed by atoms with van der Waals surface area (Å²) in [5.41, 5.74) is 1.75. The second-order valence-corrected chi connectivity index (χ2v) is 14.3. The Morgan fingerprint density at radius 3 is 2.05 bits per heavy atom. The predicted molar refractivity (Wildman–Crippen MR) is 167 cm³/mol. The molecule has 234 valence electrons. The number of hydrogen-bond donors (Lipinski definition) is 0. The Kier molecular flexibility index (Phi) is 8.34. The highest BCUT2D eigenvalue weighted by atomic mass is 16.6. The van der Waals surface area contributed by atoms with Crippen molar-refractivity contribution in [2.75, 3.05) is 0 Å². The summed E-state index contributed by atoms with van der Waals surface area (Å²) in [6.45, 7) is 13.0. The molecule has 2 aliphatic heterocycles. The number of Topliss-reactive ketones (excluding diaryl/α,β-unsaturated/α-hetero) is 1. The molecule has 4 aliphatic rings. The molecule has 0 aromatic heterocycles. The average Bonchev–Trinajstić information content (AvgIpc) is 3.33. The van der Waals surface area contributed by atoms with E-state index in [-0.39, 0.29) is 59.8 Å². The average molecular weight is 599 g/mol. The fourth-order valence-electron chi connectivity index (χ4n) is 8.75. The van der Waals surface area contributed by atoms with Crippen molar-refractivity contribution < 1.29 is 28.6 Å². The summed E-state index contributed by atoms with van der Waals surface area (Å²) in [5, 5.41) is 0. The molecule has 2 heterocycles. The number of benzene rings is 2. The molecule has 2 saturated carbocycles. The Morgan fingerprint density at radius 2 is 1.45 bits per heavy atom. The predicted octanol–water partition coefficient (Wildman–Crippen LogP) is 6.70. The van der Waals surface area contributed by atoms with Crippen molar-refractivity contribution in [3.63, 3.8) is 0 Å². The number of aryl methyl sites for hydroxylation is 2. The number of ketones is 1. The largest absolute Gasteiger partial charge is 0.461 e. The lowest BCUT2D eigenvalue weighted by Crippen LogP contribution is -2.52. The van der Waals surface area contributed by atoms with Gasteiger partial charge in [-0.1, -0.05) is 94.9 Å². The van der Waals surface area contributed by atoms with Crippen molar-refractivity contribution in [3.05, 3.63) is 83.9 Å². The van der Waals surface area contributed by atoms with Gasteiger partial charge in [0, 0.05) is 18.8 Å². The van der Waals surface area contributed by atoms with Crippen LogP contribution in [0.1, 0.15) is 70.9 Å². The van der Waals surface area contributed by atoms with Gasteiger partial charge in [-0.15, -0.1) is 0 Å². The summed E-state index contributed by atoms with van der Waals surface area (Å²) in [7, 11) is 0. The molecule has 0 radical (unpaired) electrons. The molecule has 6 rings (SSSR count). The third-order valence-corrected chi connectivity index (χ3v) is 11.2. The van der Waals surface area contributed by atoms with Crippen molar-refractivity contribution in [2.24, 2.45) is 35.0 Å². The van der Waals surface area contributed by atoms with E-state index in [1.807, 2.05) is 74.5 Å². The third-order valence-electron chi connectivity index (χ3n) is 11.2. The van der Waals surface area contributed by atoms with Gasteiger partial charge in [0.05, 0.1) is 12.0 Å². The standard InChI is InChI=1S/C38H46O6/c1-23-16-19-28-31(37(28,4)5)35-25(3)36(41)38(44-35)22-24(2)34(43-30(40)21-18-27-14-10-7-11-15-27)32(38)33(23)42-29(39)20-17-26-12-8-6-9-13-26/h6-15,24-25,28,31-35H,1,16-22H2,2-5H3/t24-,25+,28-,31-,32-,33-,34-,35+,38-/m0/s1. The third kappa shape index (κ3) is 5.55. The highest BCUT2D eigenvalue weighted by molar-refractivity contribution is 5.93. The molecule has 2 aromatic rings. The lowest BCUT2D eigenvalue weighted by molar-refractivity contribution is -0.175. The summed E-state index contributed by atoms with van der Waals surface area (Å²) in [5.74, 6) is -1.02. The minimum absolute atomic E-state index is 0.0451. The van der Waals surface area contributed by atoms with Gasteiger partial charge in [-0.05, 0) is 72.0 Å². The lowest BCUT2D eigenvalue weighted by atomic mass is 9.77. The smallest absolute Gasteiger partial charge is 0.306 e. The van der Waals surface area contributed by atoms with E-state index in [1.54, 1.807) is 0 Å². The van der Waals surface area contributed by atoms with Crippen molar-refractivity contribution in [2.45, 2.75) is 96.6 Å². The van der Waals surface area contributed by atoms with Gasteiger partial charge in [-0.25, -0.2) is 0 Å². The van der Waals surface area contributed by atoms with Crippen LogP contribution < -0.4 is 0 Å². The Labute approximate surface area is 261 Å². The number of hydrogen-bond acceptors (Lipinski definition) is 6. The molecule has 2 aromatic carbocycles. The molecule has 6 nitrogen and oxygen atoms in total. The van der Waals surface area contributed by atoms with Crippen LogP contribution in [0, 0.1) is 35.0 Å². The van der Waals surface area contributed by atoms with Gasteiger partial charge in [0.1, 0.15) is 17.8 Å². The van der Waals surface area contributed by atoms with E-state index in [9.17, 15) is 14.4 Å². The minimum Gasteiger partial charge on any atom is -0.461 e. The first-order valence-electron chi connectivity index (χ1n) is 16.4. The number of ether oxygens (including phenoxy) is 3. The van der Waals surface area contributed by atoms with Crippen molar-refractivity contribution in [1.82, 2.24) is 0 Å². The number of carbonyl (C=O) groups is 3. The van der Waals surface area contributed by atoms with Crippen LogP contribution >= 0.6 is 0 Å². The van der Waals surface area contributed by atoms with E-state index in [1.165, 1.54) is 0 Å². The van der Waals surface area contributed by atoms with Gasteiger partial charge in [-0.2, -0.15) is 0 Å². The Morgan fingerprint density at radius 1 is 0.886 bits per heavy atom. The van der Waals surface area contributed by atoms with Crippen molar-refractivity contribution in [1.29, 1.82) is 0 Å². The van der Waals surface area contributed by atoms with E-state index >= 15 is 0 Å². The van der Waals surface area contributed by atoms with E-state index in [0.717, 1.165) is 23.1 Å². The first kappa shape index (κ1) is 30.8. The maximum atomic E-state index is 14.4. The van der Waals surface area contributed by atoms with Crippen LogP contribution in [-0.2, 0) is 41.4 Å². The molecule has 0 amide bonds. The maximum Gasteiger partial charge on any atom is 0.306 e. The summed E-state index contributed by atoms with van der Waals surface area (Å²) < 4.78 is 19.6. The van der Waals surface area contributed by atoms with Gasteiger partial charge in [0.2, 0.25) is 0 Å². The quantitative estimate of drug-likeness (QED) is 0.249. The zero-order valence-corrected chi connectivity index (χ0v) is 26.5.